The topological polar surface area (TPSA) is 41.5 Å². The third kappa shape index (κ3) is 1.72. The first kappa shape index (κ1) is 9.78. The number of benzene rings is 2. The molecule has 0 atom stereocenters. The predicted molar refractivity (Wildman–Crippen MR) is 67.9 cm³/mol. The van der Waals surface area contributed by atoms with Crippen LogP contribution in [0.15, 0.2) is 59.6 Å². The summed E-state index contributed by atoms with van der Waals surface area (Å²) in [4.78, 5) is 16.3. The summed E-state index contributed by atoms with van der Waals surface area (Å²) in [6.45, 7) is 0. The van der Waals surface area contributed by atoms with Gasteiger partial charge >= 0.3 is 0 Å². The molecule has 3 heteroatoms. The molecule has 0 fully saturated rings. The standard InChI is InChI=1S/C14H10N2O/c17-13-11-8-4-5-9-12(11)16-14(13)15-10-6-2-1-3-7-10/h1-9H,(H,15,16,17). The molecule has 0 spiro atoms. The molecule has 0 aliphatic carbocycles. The molecule has 82 valence electrons. The first-order valence-electron chi connectivity index (χ1n) is 5.39. The number of hydrogen-bond acceptors (Lipinski definition) is 3. The maximum atomic E-state index is 12.0. The van der Waals surface area contributed by atoms with E-state index in [-0.39, 0.29) is 5.78 Å². The molecule has 0 unspecified atom stereocenters. The minimum Gasteiger partial charge on any atom is -0.337 e. The zero-order chi connectivity index (χ0) is 11.7. The van der Waals surface area contributed by atoms with Gasteiger partial charge in [0.05, 0.1) is 11.3 Å². The van der Waals surface area contributed by atoms with E-state index < -0.39 is 0 Å². The highest BCUT2D eigenvalue weighted by atomic mass is 16.1. The van der Waals surface area contributed by atoms with Crippen molar-refractivity contribution in [2.75, 3.05) is 5.32 Å². The van der Waals surface area contributed by atoms with E-state index in [2.05, 4.69) is 10.3 Å². The van der Waals surface area contributed by atoms with Crippen molar-refractivity contribution in [2.45, 2.75) is 0 Å². The number of nitrogens with one attached hydrogen (secondary N) is 1. The van der Waals surface area contributed by atoms with Crippen LogP contribution in [0.2, 0.25) is 0 Å². The fourth-order valence-corrected chi connectivity index (χ4v) is 1.80. The monoisotopic (exact) mass is 222 g/mol. The Morgan fingerprint density at radius 1 is 0.882 bits per heavy atom. The minimum atomic E-state index is -0.0514. The smallest absolute Gasteiger partial charge is 0.230 e. The third-order valence-electron chi connectivity index (χ3n) is 2.63. The summed E-state index contributed by atoms with van der Waals surface area (Å²) < 4.78 is 0. The second-order valence-corrected chi connectivity index (χ2v) is 3.80. The van der Waals surface area contributed by atoms with Gasteiger partial charge in [-0.15, -0.1) is 0 Å². The van der Waals surface area contributed by atoms with E-state index >= 15 is 0 Å². The normalized spacial score (nSPS) is 13.2. The van der Waals surface area contributed by atoms with Crippen LogP contribution < -0.4 is 5.32 Å². The molecule has 0 aromatic heterocycles. The molecular formula is C14H10N2O. The van der Waals surface area contributed by atoms with Crippen LogP contribution in [0, 0.1) is 0 Å². The van der Waals surface area contributed by atoms with Crippen molar-refractivity contribution in [3.8, 4) is 0 Å². The summed E-state index contributed by atoms with van der Waals surface area (Å²) in [5.41, 5.74) is 2.26. The highest BCUT2D eigenvalue weighted by Crippen LogP contribution is 2.26. The molecule has 1 aliphatic heterocycles. The first-order chi connectivity index (χ1) is 8.34. The Balaban J connectivity index is 1.91. The minimum absolute atomic E-state index is 0.0514. The quantitative estimate of drug-likeness (QED) is 0.805. The van der Waals surface area contributed by atoms with Gasteiger partial charge in [-0.2, -0.15) is 0 Å². The zero-order valence-electron chi connectivity index (χ0n) is 9.05. The van der Waals surface area contributed by atoms with Gasteiger partial charge in [-0.3, -0.25) is 4.79 Å². The molecule has 1 heterocycles. The lowest BCUT2D eigenvalue weighted by molar-refractivity contribution is 0.106. The van der Waals surface area contributed by atoms with Gasteiger partial charge in [0.25, 0.3) is 0 Å². The summed E-state index contributed by atoms with van der Waals surface area (Å²) in [5, 5.41) is 3.04. The van der Waals surface area contributed by atoms with Crippen LogP contribution >= 0.6 is 0 Å². The summed E-state index contributed by atoms with van der Waals surface area (Å²) >= 11 is 0. The lowest BCUT2D eigenvalue weighted by Gasteiger charge is -2.03. The number of amidine groups is 1. The Labute approximate surface area is 98.8 Å². The van der Waals surface area contributed by atoms with Gasteiger partial charge in [-0.1, -0.05) is 30.3 Å². The molecule has 1 N–H and O–H groups in total. The maximum Gasteiger partial charge on any atom is 0.230 e. The Morgan fingerprint density at radius 2 is 1.59 bits per heavy atom. The van der Waals surface area contributed by atoms with Gasteiger partial charge in [0, 0.05) is 5.69 Å². The fourth-order valence-electron chi connectivity index (χ4n) is 1.80. The largest absolute Gasteiger partial charge is 0.337 e. The third-order valence-corrected chi connectivity index (χ3v) is 2.63. The molecule has 1 aliphatic rings. The summed E-state index contributed by atoms with van der Waals surface area (Å²) in [6, 6.07) is 16.9. The average Bonchev–Trinajstić information content (AvgIpc) is 2.68. The van der Waals surface area contributed by atoms with Crippen molar-refractivity contribution < 1.29 is 4.79 Å². The van der Waals surface area contributed by atoms with E-state index in [1.807, 2.05) is 48.5 Å². The molecule has 0 bridgehead atoms. The van der Waals surface area contributed by atoms with Crippen LogP contribution in [-0.4, -0.2) is 11.6 Å². The van der Waals surface area contributed by atoms with Crippen LogP contribution in [-0.2, 0) is 0 Å². The summed E-state index contributed by atoms with van der Waals surface area (Å²) in [6.07, 6.45) is 0. The van der Waals surface area contributed by atoms with Gasteiger partial charge in [0.1, 0.15) is 0 Å². The number of nitrogens with zero attached hydrogens (tertiary/aromatic N) is 1. The number of carbonyl (C=O) groups excluding carboxylic acids is 1. The Hall–Kier alpha value is -2.42. The van der Waals surface area contributed by atoms with E-state index in [0.717, 1.165) is 11.4 Å². The van der Waals surface area contributed by atoms with Crippen molar-refractivity contribution in [3.63, 3.8) is 0 Å². The number of aliphatic imine (C=N–C) groups is 1. The van der Waals surface area contributed by atoms with E-state index in [4.69, 9.17) is 0 Å². The number of Topliss-reactive ketones (excluding diaryl/α,β-unsaturated/α-hetero) is 1. The SMILES string of the molecule is O=C1C(Nc2ccccc2)=Nc2ccccc21. The molecular weight excluding hydrogens is 212 g/mol. The van der Waals surface area contributed by atoms with Crippen LogP contribution in [0.4, 0.5) is 11.4 Å². The highest BCUT2D eigenvalue weighted by molar-refractivity contribution is 6.52. The molecule has 0 radical (unpaired) electrons. The molecule has 2 aromatic rings. The van der Waals surface area contributed by atoms with Crippen molar-refractivity contribution in [2.24, 2.45) is 4.99 Å². The number of rotatable bonds is 1. The molecule has 17 heavy (non-hydrogen) atoms. The molecule has 2 aromatic carbocycles. The maximum absolute atomic E-state index is 12.0. The van der Waals surface area contributed by atoms with Crippen molar-refractivity contribution in [1.29, 1.82) is 0 Å². The number of para-hydroxylation sites is 2. The lowest BCUT2D eigenvalue weighted by Crippen LogP contribution is -2.19. The predicted octanol–water partition coefficient (Wildman–Crippen LogP) is 3.03. The van der Waals surface area contributed by atoms with Gasteiger partial charge in [-0.25, -0.2) is 4.99 Å². The van der Waals surface area contributed by atoms with E-state index in [0.29, 0.717) is 11.4 Å². The van der Waals surface area contributed by atoms with Crippen LogP contribution in [0.25, 0.3) is 0 Å². The van der Waals surface area contributed by atoms with Crippen molar-refractivity contribution >= 4 is 23.0 Å². The Kier molecular flexibility index (Phi) is 2.22. The van der Waals surface area contributed by atoms with Crippen molar-refractivity contribution in [3.05, 3.63) is 60.2 Å². The van der Waals surface area contributed by atoms with Gasteiger partial charge in [0.2, 0.25) is 5.78 Å². The number of anilines is 1. The summed E-state index contributed by atoms with van der Waals surface area (Å²) in [7, 11) is 0. The average molecular weight is 222 g/mol. The molecule has 3 nitrogen and oxygen atoms in total. The summed E-state index contributed by atoms with van der Waals surface area (Å²) in [5.74, 6) is 0.335. The van der Waals surface area contributed by atoms with Gasteiger partial charge in [-0.05, 0) is 24.3 Å². The van der Waals surface area contributed by atoms with Gasteiger partial charge < -0.3 is 5.32 Å². The molecule has 0 saturated carbocycles. The number of ketones is 1. The first-order valence-corrected chi connectivity index (χ1v) is 5.39. The van der Waals surface area contributed by atoms with Crippen LogP contribution in [0.3, 0.4) is 0 Å². The Morgan fingerprint density at radius 3 is 2.35 bits per heavy atom. The number of carbonyl (C=O) groups is 1. The van der Waals surface area contributed by atoms with E-state index in [9.17, 15) is 4.79 Å². The zero-order valence-corrected chi connectivity index (χ0v) is 9.05. The highest BCUT2D eigenvalue weighted by Gasteiger charge is 2.23. The number of fused-ring (bicyclic) bond motifs is 1. The Bertz CT molecular complexity index is 603. The van der Waals surface area contributed by atoms with Crippen LogP contribution in [0.1, 0.15) is 10.4 Å². The molecule has 3 rings (SSSR count). The van der Waals surface area contributed by atoms with Gasteiger partial charge in [0.15, 0.2) is 5.84 Å². The second kappa shape index (κ2) is 3.87. The van der Waals surface area contributed by atoms with E-state index in [1.54, 1.807) is 6.07 Å². The van der Waals surface area contributed by atoms with Crippen LogP contribution in [0.5, 0.6) is 0 Å². The number of hydrogen-bond donors (Lipinski definition) is 1. The van der Waals surface area contributed by atoms with Crippen molar-refractivity contribution in [1.82, 2.24) is 0 Å². The lowest BCUT2D eigenvalue weighted by atomic mass is 10.1. The fraction of sp³-hybridized carbons (Fsp3) is 0. The molecule has 0 amide bonds. The second-order valence-electron chi connectivity index (χ2n) is 3.80. The van der Waals surface area contributed by atoms with E-state index in [1.165, 1.54) is 0 Å². The molecule has 0 saturated heterocycles.